The molecule has 1 aromatic heterocycles. The van der Waals surface area contributed by atoms with Gasteiger partial charge < -0.3 is 5.32 Å². The molecule has 0 amide bonds. The summed E-state index contributed by atoms with van der Waals surface area (Å²) in [6.07, 6.45) is 3.64. The molecule has 0 saturated carbocycles. The first-order valence-electron chi connectivity index (χ1n) is 4.12. The summed E-state index contributed by atoms with van der Waals surface area (Å²) in [6, 6.07) is 2.58. The molecule has 12 heavy (non-hydrogen) atoms. The molecule has 0 radical (unpaired) electrons. The van der Waals surface area contributed by atoms with Crippen molar-refractivity contribution in [1.29, 1.82) is 0 Å². The Labute approximate surface area is 72.9 Å². The molecular weight excluding hydrogens is 150 g/mol. The molecule has 2 N–H and O–H groups in total. The van der Waals surface area contributed by atoms with Crippen LogP contribution in [0.1, 0.15) is 25.6 Å². The number of H-pyrrole nitrogens is 1. The van der Waals surface area contributed by atoms with Gasteiger partial charge in [-0.15, -0.1) is 6.58 Å². The molecule has 1 heterocycles. The van der Waals surface area contributed by atoms with Crippen LogP contribution in [0, 0.1) is 0 Å². The molecular formula is C9H15N3. The molecule has 2 unspecified atom stereocenters. The molecule has 1 rings (SSSR count). The van der Waals surface area contributed by atoms with Crippen LogP contribution >= 0.6 is 0 Å². The maximum Gasteiger partial charge on any atom is 0.0518 e. The molecule has 0 aromatic carbocycles. The third kappa shape index (κ3) is 2.20. The highest BCUT2D eigenvalue weighted by Crippen LogP contribution is 2.08. The lowest BCUT2D eigenvalue weighted by molar-refractivity contribution is 0.525. The zero-order valence-electron chi connectivity index (χ0n) is 7.54. The average Bonchev–Trinajstić information content (AvgIpc) is 2.56. The molecule has 0 aliphatic carbocycles. The highest BCUT2D eigenvalue weighted by atomic mass is 15.1. The lowest BCUT2D eigenvalue weighted by atomic mass is 10.2. The Hall–Kier alpha value is -1.09. The fraction of sp³-hybridized carbons (Fsp3) is 0.444. The molecule has 0 spiro atoms. The van der Waals surface area contributed by atoms with Crippen LogP contribution in [-0.4, -0.2) is 16.2 Å². The topological polar surface area (TPSA) is 40.7 Å². The van der Waals surface area contributed by atoms with Crippen molar-refractivity contribution >= 4 is 0 Å². The van der Waals surface area contributed by atoms with E-state index in [9.17, 15) is 0 Å². The van der Waals surface area contributed by atoms with Crippen molar-refractivity contribution in [1.82, 2.24) is 15.5 Å². The van der Waals surface area contributed by atoms with Crippen molar-refractivity contribution in [2.45, 2.75) is 25.9 Å². The van der Waals surface area contributed by atoms with Crippen LogP contribution in [0.5, 0.6) is 0 Å². The maximum atomic E-state index is 3.89. The van der Waals surface area contributed by atoms with Gasteiger partial charge in [0.05, 0.1) is 5.69 Å². The van der Waals surface area contributed by atoms with Crippen LogP contribution in [0.2, 0.25) is 0 Å². The second-order valence-corrected chi connectivity index (χ2v) is 2.92. The van der Waals surface area contributed by atoms with E-state index in [4.69, 9.17) is 0 Å². The van der Waals surface area contributed by atoms with E-state index in [2.05, 4.69) is 35.9 Å². The molecule has 0 aliphatic heterocycles. The van der Waals surface area contributed by atoms with E-state index >= 15 is 0 Å². The van der Waals surface area contributed by atoms with Crippen molar-refractivity contribution in [3.05, 3.63) is 30.6 Å². The molecule has 0 bridgehead atoms. The summed E-state index contributed by atoms with van der Waals surface area (Å²) in [7, 11) is 0. The zero-order valence-corrected chi connectivity index (χ0v) is 7.54. The van der Waals surface area contributed by atoms with E-state index in [0.717, 1.165) is 5.69 Å². The minimum Gasteiger partial charge on any atom is -0.303 e. The summed E-state index contributed by atoms with van der Waals surface area (Å²) in [5.41, 5.74) is 1.10. The minimum absolute atomic E-state index is 0.292. The molecule has 3 nitrogen and oxygen atoms in total. The molecule has 66 valence electrons. The van der Waals surface area contributed by atoms with Gasteiger partial charge in [0.15, 0.2) is 0 Å². The number of aromatic nitrogens is 2. The monoisotopic (exact) mass is 165 g/mol. The van der Waals surface area contributed by atoms with E-state index in [1.165, 1.54) is 0 Å². The highest BCUT2D eigenvalue weighted by molar-refractivity contribution is 5.04. The van der Waals surface area contributed by atoms with Gasteiger partial charge in [-0.3, -0.25) is 5.10 Å². The summed E-state index contributed by atoms with van der Waals surface area (Å²) in [5, 5.41) is 10.1. The van der Waals surface area contributed by atoms with Crippen LogP contribution in [-0.2, 0) is 0 Å². The fourth-order valence-electron chi connectivity index (χ4n) is 1.06. The summed E-state index contributed by atoms with van der Waals surface area (Å²) < 4.78 is 0. The summed E-state index contributed by atoms with van der Waals surface area (Å²) in [5.74, 6) is 0. The lowest BCUT2D eigenvalue weighted by Gasteiger charge is -2.15. The minimum atomic E-state index is 0.292. The van der Waals surface area contributed by atoms with Gasteiger partial charge >= 0.3 is 0 Å². The molecule has 3 heteroatoms. The molecule has 0 saturated heterocycles. The first-order chi connectivity index (χ1) is 5.74. The Morgan fingerprint density at radius 1 is 1.67 bits per heavy atom. The van der Waals surface area contributed by atoms with Crippen molar-refractivity contribution in [2.75, 3.05) is 0 Å². The van der Waals surface area contributed by atoms with Gasteiger partial charge in [0.25, 0.3) is 0 Å². The van der Waals surface area contributed by atoms with Crippen molar-refractivity contribution in [3.8, 4) is 0 Å². The second kappa shape index (κ2) is 4.07. The number of aromatic amines is 1. The van der Waals surface area contributed by atoms with E-state index in [1.807, 2.05) is 12.1 Å². The first kappa shape index (κ1) is 9.00. The second-order valence-electron chi connectivity index (χ2n) is 2.92. The van der Waals surface area contributed by atoms with Crippen molar-refractivity contribution in [3.63, 3.8) is 0 Å². The number of hydrogen-bond acceptors (Lipinski definition) is 2. The normalized spacial score (nSPS) is 15.5. The third-order valence-electron chi connectivity index (χ3n) is 1.86. The Kier molecular flexibility index (Phi) is 3.05. The number of nitrogens with zero attached hydrogens (tertiary/aromatic N) is 1. The van der Waals surface area contributed by atoms with Crippen molar-refractivity contribution < 1.29 is 0 Å². The van der Waals surface area contributed by atoms with Crippen LogP contribution < -0.4 is 5.32 Å². The third-order valence-corrected chi connectivity index (χ3v) is 1.86. The van der Waals surface area contributed by atoms with Crippen LogP contribution in [0.15, 0.2) is 24.9 Å². The number of hydrogen-bond donors (Lipinski definition) is 2. The Balaban J connectivity index is 2.49. The van der Waals surface area contributed by atoms with Gasteiger partial charge in [-0.05, 0) is 19.9 Å². The smallest absolute Gasteiger partial charge is 0.0518 e. The van der Waals surface area contributed by atoms with Crippen LogP contribution in [0.4, 0.5) is 0 Å². The Bertz CT molecular complexity index is 228. The van der Waals surface area contributed by atoms with Gasteiger partial charge in [-0.1, -0.05) is 6.08 Å². The summed E-state index contributed by atoms with van der Waals surface area (Å²) >= 11 is 0. The van der Waals surface area contributed by atoms with E-state index in [1.54, 1.807) is 6.20 Å². The van der Waals surface area contributed by atoms with E-state index < -0.39 is 0 Å². The fourth-order valence-corrected chi connectivity index (χ4v) is 1.06. The maximum absolute atomic E-state index is 3.89. The number of rotatable bonds is 4. The predicted molar refractivity (Wildman–Crippen MR) is 49.8 cm³/mol. The summed E-state index contributed by atoms with van der Waals surface area (Å²) in [6.45, 7) is 7.87. The van der Waals surface area contributed by atoms with Crippen molar-refractivity contribution in [2.24, 2.45) is 0 Å². The van der Waals surface area contributed by atoms with Gasteiger partial charge in [0.1, 0.15) is 0 Å². The van der Waals surface area contributed by atoms with Gasteiger partial charge in [-0.25, -0.2) is 0 Å². The van der Waals surface area contributed by atoms with Gasteiger partial charge in [0.2, 0.25) is 0 Å². The average molecular weight is 165 g/mol. The molecule has 1 aromatic rings. The number of nitrogens with one attached hydrogen (secondary N) is 2. The zero-order chi connectivity index (χ0) is 8.97. The first-order valence-corrected chi connectivity index (χ1v) is 4.12. The van der Waals surface area contributed by atoms with Crippen LogP contribution in [0.25, 0.3) is 0 Å². The SMILES string of the molecule is C=CC(C)NC(C)c1ccn[nH]1. The predicted octanol–water partition coefficient (Wildman–Crippen LogP) is 1.63. The van der Waals surface area contributed by atoms with E-state index in [0.29, 0.717) is 12.1 Å². The lowest BCUT2D eigenvalue weighted by Crippen LogP contribution is -2.27. The molecule has 0 fully saturated rings. The van der Waals surface area contributed by atoms with Gasteiger partial charge in [-0.2, -0.15) is 5.10 Å². The molecule has 0 aliphatic rings. The highest BCUT2D eigenvalue weighted by Gasteiger charge is 2.07. The van der Waals surface area contributed by atoms with Gasteiger partial charge in [0, 0.05) is 18.3 Å². The molecule has 2 atom stereocenters. The Morgan fingerprint density at radius 3 is 2.92 bits per heavy atom. The van der Waals surface area contributed by atoms with E-state index in [-0.39, 0.29) is 0 Å². The summed E-state index contributed by atoms with van der Waals surface area (Å²) in [4.78, 5) is 0. The largest absolute Gasteiger partial charge is 0.303 e. The Morgan fingerprint density at radius 2 is 2.42 bits per heavy atom. The quantitative estimate of drug-likeness (QED) is 0.666. The standard InChI is InChI=1S/C9H15N3/c1-4-7(2)11-8(3)9-5-6-10-12-9/h4-8,11H,1H2,2-3H3,(H,10,12). The van der Waals surface area contributed by atoms with Crippen LogP contribution in [0.3, 0.4) is 0 Å².